The van der Waals surface area contributed by atoms with Gasteiger partial charge >= 0.3 is 0 Å². The number of nitrogens with one attached hydrogen (secondary N) is 1. The molecule has 17 heavy (non-hydrogen) atoms. The molecular formula is C14H30N2O. The molecule has 0 aromatic carbocycles. The van der Waals surface area contributed by atoms with E-state index >= 15 is 0 Å². The van der Waals surface area contributed by atoms with Crippen LogP contribution in [0.1, 0.15) is 52.4 Å². The first-order chi connectivity index (χ1) is 8.31. The SMILES string of the molecule is CCCCC(CC)N(CCO)CC1CCCN1. The average Bonchev–Trinajstić information content (AvgIpc) is 2.83. The monoisotopic (exact) mass is 242 g/mol. The molecule has 0 bridgehead atoms. The molecule has 1 aliphatic rings. The van der Waals surface area contributed by atoms with Gasteiger partial charge in [0.25, 0.3) is 0 Å². The summed E-state index contributed by atoms with van der Waals surface area (Å²) in [6, 6.07) is 1.31. The van der Waals surface area contributed by atoms with Crippen LogP contribution in [0, 0.1) is 0 Å². The van der Waals surface area contributed by atoms with Gasteiger partial charge in [0.1, 0.15) is 0 Å². The molecule has 0 spiro atoms. The molecule has 2 N–H and O–H groups in total. The molecule has 0 aromatic rings. The second kappa shape index (κ2) is 8.90. The summed E-state index contributed by atoms with van der Waals surface area (Å²) in [6.45, 7) is 7.93. The van der Waals surface area contributed by atoms with Gasteiger partial charge in [0.15, 0.2) is 0 Å². The smallest absolute Gasteiger partial charge is 0.0558 e. The van der Waals surface area contributed by atoms with Crippen molar-refractivity contribution in [1.29, 1.82) is 0 Å². The lowest BCUT2D eigenvalue weighted by atomic mass is 10.0. The highest BCUT2D eigenvalue weighted by Crippen LogP contribution is 2.15. The Morgan fingerprint density at radius 3 is 2.76 bits per heavy atom. The molecule has 0 amide bonds. The van der Waals surface area contributed by atoms with E-state index in [9.17, 15) is 5.11 Å². The van der Waals surface area contributed by atoms with E-state index in [2.05, 4.69) is 24.1 Å². The maximum atomic E-state index is 9.22. The van der Waals surface area contributed by atoms with Gasteiger partial charge in [0.2, 0.25) is 0 Å². The second-order valence-electron chi connectivity index (χ2n) is 5.22. The van der Waals surface area contributed by atoms with Crippen molar-refractivity contribution < 1.29 is 5.11 Å². The summed E-state index contributed by atoms with van der Waals surface area (Å²) in [4.78, 5) is 2.50. The fourth-order valence-corrected chi connectivity index (χ4v) is 2.83. The highest BCUT2D eigenvalue weighted by atomic mass is 16.3. The highest BCUT2D eigenvalue weighted by Gasteiger charge is 2.22. The molecule has 1 aliphatic heterocycles. The van der Waals surface area contributed by atoms with Crippen LogP contribution in [0.2, 0.25) is 0 Å². The van der Waals surface area contributed by atoms with Crippen molar-refractivity contribution in [2.75, 3.05) is 26.2 Å². The quantitative estimate of drug-likeness (QED) is 0.649. The molecule has 2 atom stereocenters. The number of hydrogen-bond acceptors (Lipinski definition) is 3. The summed E-state index contributed by atoms with van der Waals surface area (Å²) in [5.74, 6) is 0. The van der Waals surface area contributed by atoms with E-state index in [1.807, 2.05) is 0 Å². The topological polar surface area (TPSA) is 35.5 Å². The van der Waals surface area contributed by atoms with Crippen LogP contribution in [-0.4, -0.2) is 48.3 Å². The zero-order valence-electron chi connectivity index (χ0n) is 11.6. The molecule has 1 rings (SSSR count). The summed E-state index contributed by atoms with van der Waals surface area (Å²) >= 11 is 0. The molecule has 1 heterocycles. The molecule has 3 nitrogen and oxygen atoms in total. The molecule has 0 saturated carbocycles. The standard InChI is InChI=1S/C14H30N2O/c1-3-5-8-14(4-2)16(10-11-17)12-13-7-6-9-15-13/h13-15,17H,3-12H2,1-2H3. The molecule has 102 valence electrons. The molecule has 0 radical (unpaired) electrons. The van der Waals surface area contributed by atoms with Crippen molar-refractivity contribution in [3.63, 3.8) is 0 Å². The number of unbranched alkanes of at least 4 members (excludes halogenated alkanes) is 1. The summed E-state index contributed by atoms with van der Waals surface area (Å²) in [7, 11) is 0. The van der Waals surface area contributed by atoms with E-state index in [1.165, 1.54) is 45.1 Å². The highest BCUT2D eigenvalue weighted by molar-refractivity contribution is 4.81. The van der Waals surface area contributed by atoms with Crippen molar-refractivity contribution in [2.24, 2.45) is 0 Å². The Bertz CT molecular complexity index is 181. The molecule has 0 aromatic heterocycles. The number of aliphatic hydroxyl groups excluding tert-OH is 1. The van der Waals surface area contributed by atoms with Gasteiger partial charge in [0, 0.05) is 25.2 Å². The normalized spacial score (nSPS) is 22.2. The van der Waals surface area contributed by atoms with E-state index in [0.29, 0.717) is 12.1 Å². The lowest BCUT2D eigenvalue weighted by Crippen LogP contribution is -2.44. The summed E-state index contributed by atoms with van der Waals surface area (Å²) in [6.07, 6.45) is 7.66. The van der Waals surface area contributed by atoms with Crippen LogP contribution in [0.5, 0.6) is 0 Å². The van der Waals surface area contributed by atoms with Crippen LogP contribution in [-0.2, 0) is 0 Å². The number of hydrogen-bond donors (Lipinski definition) is 2. The van der Waals surface area contributed by atoms with Gasteiger partial charge in [-0.25, -0.2) is 0 Å². The van der Waals surface area contributed by atoms with Crippen LogP contribution in [0.4, 0.5) is 0 Å². The minimum atomic E-state index is 0.287. The fourth-order valence-electron chi connectivity index (χ4n) is 2.83. The van der Waals surface area contributed by atoms with Gasteiger partial charge < -0.3 is 10.4 Å². The van der Waals surface area contributed by atoms with Crippen molar-refractivity contribution in [3.8, 4) is 0 Å². The summed E-state index contributed by atoms with van der Waals surface area (Å²) in [5, 5.41) is 12.8. The summed E-state index contributed by atoms with van der Waals surface area (Å²) < 4.78 is 0. The maximum Gasteiger partial charge on any atom is 0.0558 e. The van der Waals surface area contributed by atoms with E-state index in [0.717, 1.165) is 13.1 Å². The van der Waals surface area contributed by atoms with Gasteiger partial charge in [-0.1, -0.05) is 26.7 Å². The van der Waals surface area contributed by atoms with Crippen molar-refractivity contribution >= 4 is 0 Å². The zero-order valence-corrected chi connectivity index (χ0v) is 11.6. The molecular weight excluding hydrogens is 212 g/mol. The average molecular weight is 242 g/mol. The first kappa shape index (κ1) is 14.9. The zero-order chi connectivity index (χ0) is 12.5. The number of nitrogens with zero attached hydrogens (tertiary/aromatic N) is 1. The lowest BCUT2D eigenvalue weighted by Gasteiger charge is -2.32. The molecule has 2 unspecified atom stereocenters. The van der Waals surface area contributed by atoms with Crippen molar-refractivity contribution in [1.82, 2.24) is 10.2 Å². The molecule has 0 aliphatic carbocycles. The Balaban J connectivity index is 2.42. The van der Waals surface area contributed by atoms with Crippen molar-refractivity contribution in [2.45, 2.75) is 64.5 Å². The predicted molar refractivity (Wildman–Crippen MR) is 73.3 cm³/mol. The molecule has 3 heteroatoms. The second-order valence-corrected chi connectivity index (χ2v) is 5.22. The van der Waals surface area contributed by atoms with Gasteiger partial charge in [-0.05, 0) is 32.2 Å². The third kappa shape index (κ3) is 5.36. The Kier molecular flexibility index (Phi) is 7.82. The third-order valence-corrected chi connectivity index (χ3v) is 3.88. The predicted octanol–water partition coefficient (Wildman–Crippen LogP) is 2.00. The van der Waals surface area contributed by atoms with E-state index < -0.39 is 0 Å². The van der Waals surface area contributed by atoms with Crippen LogP contribution in [0.25, 0.3) is 0 Å². The first-order valence-electron chi connectivity index (χ1n) is 7.40. The summed E-state index contributed by atoms with van der Waals surface area (Å²) in [5.41, 5.74) is 0. The van der Waals surface area contributed by atoms with Crippen LogP contribution < -0.4 is 5.32 Å². The molecule has 1 fully saturated rings. The van der Waals surface area contributed by atoms with Crippen LogP contribution >= 0.6 is 0 Å². The Morgan fingerprint density at radius 2 is 2.24 bits per heavy atom. The fraction of sp³-hybridized carbons (Fsp3) is 1.00. The van der Waals surface area contributed by atoms with Crippen LogP contribution in [0.3, 0.4) is 0 Å². The van der Waals surface area contributed by atoms with Gasteiger partial charge in [-0.15, -0.1) is 0 Å². The minimum absolute atomic E-state index is 0.287. The third-order valence-electron chi connectivity index (χ3n) is 3.88. The Labute approximate surface area is 107 Å². The van der Waals surface area contributed by atoms with Gasteiger partial charge in [-0.3, -0.25) is 4.90 Å². The van der Waals surface area contributed by atoms with E-state index in [4.69, 9.17) is 0 Å². The first-order valence-corrected chi connectivity index (χ1v) is 7.40. The van der Waals surface area contributed by atoms with Gasteiger partial charge in [-0.2, -0.15) is 0 Å². The van der Waals surface area contributed by atoms with E-state index in [1.54, 1.807) is 0 Å². The molecule has 1 saturated heterocycles. The Morgan fingerprint density at radius 1 is 1.41 bits per heavy atom. The Hall–Kier alpha value is -0.120. The van der Waals surface area contributed by atoms with Crippen LogP contribution in [0.15, 0.2) is 0 Å². The van der Waals surface area contributed by atoms with Gasteiger partial charge in [0.05, 0.1) is 6.61 Å². The maximum absolute atomic E-state index is 9.22. The van der Waals surface area contributed by atoms with E-state index in [-0.39, 0.29) is 6.61 Å². The number of aliphatic hydroxyl groups is 1. The lowest BCUT2D eigenvalue weighted by molar-refractivity contribution is 0.129. The van der Waals surface area contributed by atoms with Crippen molar-refractivity contribution in [3.05, 3.63) is 0 Å². The number of rotatable bonds is 9. The minimum Gasteiger partial charge on any atom is -0.395 e. The largest absolute Gasteiger partial charge is 0.395 e.